The number of halogens is 2. The third-order valence-corrected chi connectivity index (χ3v) is 3.18. The predicted octanol–water partition coefficient (Wildman–Crippen LogP) is 3.17. The van der Waals surface area contributed by atoms with Gasteiger partial charge in [0, 0.05) is 24.0 Å². The van der Waals surface area contributed by atoms with Crippen LogP contribution < -0.4 is 5.32 Å². The van der Waals surface area contributed by atoms with Crippen LogP contribution in [-0.2, 0) is 6.42 Å². The fourth-order valence-corrected chi connectivity index (χ4v) is 2.10. The van der Waals surface area contributed by atoms with Crippen LogP contribution in [-0.4, -0.2) is 12.0 Å². The first-order valence-corrected chi connectivity index (χ1v) is 6.14. The zero-order valence-corrected chi connectivity index (χ0v) is 11.0. The quantitative estimate of drug-likeness (QED) is 0.915. The van der Waals surface area contributed by atoms with Crippen molar-refractivity contribution in [2.45, 2.75) is 19.4 Å². The molecule has 4 heteroatoms. The summed E-state index contributed by atoms with van der Waals surface area (Å²) >= 11 is 0. The molecule has 1 unspecified atom stereocenters. The Kier molecular flexibility index (Phi) is 4.22. The van der Waals surface area contributed by atoms with Crippen molar-refractivity contribution in [1.29, 1.82) is 0 Å². The lowest BCUT2D eigenvalue weighted by molar-refractivity contribution is 0.486. The number of hydrogen-bond acceptors (Lipinski definition) is 2. The summed E-state index contributed by atoms with van der Waals surface area (Å²) in [7, 11) is 1.70. The maximum atomic E-state index is 14.1. The molecule has 1 atom stereocenters. The lowest BCUT2D eigenvalue weighted by Crippen LogP contribution is -2.22. The fourth-order valence-electron chi connectivity index (χ4n) is 2.10. The molecule has 0 aliphatic rings. The smallest absolute Gasteiger partial charge is 0.133 e. The Morgan fingerprint density at radius 3 is 2.68 bits per heavy atom. The van der Waals surface area contributed by atoms with E-state index in [-0.39, 0.29) is 5.56 Å². The van der Waals surface area contributed by atoms with Crippen LogP contribution in [0.1, 0.15) is 22.7 Å². The normalized spacial score (nSPS) is 12.4. The Labute approximate surface area is 111 Å². The van der Waals surface area contributed by atoms with Crippen LogP contribution >= 0.6 is 0 Å². The van der Waals surface area contributed by atoms with Crippen molar-refractivity contribution in [1.82, 2.24) is 10.3 Å². The first-order valence-electron chi connectivity index (χ1n) is 6.14. The summed E-state index contributed by atoms with van der Waals surface area (Å²) in [6, 6.07) is 6.05. The van der Waals surface area contributed by atoms with E-state index >= 15 is 0 Å². The van der Waals surface area contributed by atoms with Crippen molar-refractivity contribution in [2.24, 2.45) is 0 Å². The average Bonchev–Trinajstić information content (AvgIpc) is 2.43. The minimum atomic E-state index is -0.522. The molecule has 2 rings (SSSR count). The van der Waals surface area contributed by atoms with Crippen LogP contribution in [0.15, 0.2) is 36.7 Å². The summed E-state index contributed by atoms with van der Waals surface area (Å²) in [4.78, 5) is 4.01. The molecular weight excluding hydrogens is 246 g/mol. The van der Waals surface area contributed by atoms with Gasteiger partial charge in [0.1, 0.15) is 11.6 Å². The molecule has 0 bridgehead atoms. The highest BCUT2D eigenvalue weighted by Gasteiger charge is 2.20. The van der Waals surface area contributed by atoms with Gasteiger partial charge >= 0.3 is 0 Å². The summed E-state index contributed by atoms with van der Waals surface area (Å²) in [5, 5.41) is 2.97. The molecule has 0 aliphatic carbocycles. The molecule has 0 saturated carbocycles. The van der Waals surface area contributed by atoms with E-state index in [9.17, 15) is 8.78 Å². The third kappa shape index (κ3) is 2.96. The number of likely N-dealkylation sites (N-methyl/N-ethyl adjacent to an activating group) is 1. The summed E-state index contributed by atoms with van der Waals surface area (Å²) in [6.07, 6.45) is 3.86. The number of hydrogen-bond donors (Lipinski definition) is 1. The van der Waals surface area contributed by atoms with Crippen LogP contribution in [0.4, 0.5) is 8.78 Å². The minimum absolute atomic E-state index is 0.0892. The van der Waals surface area contributed by atoms with Crippen LogP contribution in [0.5, 0.6) is 0 Å². The topological polar surface area (TPSA) is 24.9 Å². The van der Waals surface area contributed by atoms with E-state index in [0.29, 0.717) is 12.0 Å². The van der Waals surface area contributed by atoms with Gasteiger partial charge in [0.25, 0.3) is 0 Å². The van der Waals surface area contributed by atoms with Gasteiger partial charge in [0.15, 0.2) is 0 Å². The van der Waals surface area contributed by atoms with Gasteiger partial charge in [-0.15, -0.1) is 0 Å². The maximum Gasteiger partial charge on any atom is 0.133 e. The summed E-state index contributed by atoms with van der Waals surface area (Å²) < 4.78 is 28.0. The van der Waals surface area contributed by atoms with Crippen molar-refractivity contribution >= 4 is 0 Å². The number of nitrogens with zero attached hydrogens (tertiary/aromatic N) is 1. The van der Waals surface area contributed by atoms with Crippen molar-refractivity contribution in [3.8, 4) is 0 Å². The van der Waals surface area contributed by atoms with Gasteiger partial charge in [-0.1, -0.05) is 12.1 Å². The molecule has 0 spiro atoms. The van der Waals surface area contributed by atoms with Gasteiger partial charge in [0.2, 0.25) is 0 Å². The number of benzene rings is 1. The van der Waals surface area contributed by atoms with E-state index in [1.54, 1.807) is 26.4 Å². The van der Waals surface area contributed by atoms with Crippen LogP contribution in [0.2, 0.25) is 0 Å². The molecule has 0 amide bonds. The predicted molar refractivity (Wildman–Crippen MR) is 70.8 cm³/mol. The second-order valence-corrected chi connectivity index (χ2v) is 4.50. The Morgan fingerprint density at radius 1 is 1.26 bits per heavy atom. The highest BCUT2D eigenvalue weighted by molar-refractivity contribution is 5.30. The van der Waals surface area contributed by atoms with E-state index in [4.69, 9.17) is 0 Å². The van der Waals surface area contributed by atoms with Crippen LogP contribution in [0, 0.1) is 18.6 Å². The molecule has 1 aromatic carbocycles. The molecule has 19 heavy (non-hydrogen) atoms. The standard InChI is InChI=1S/C15H16F2N2/c1-10-5-6-12(16)14(15(10)17)13(18-2)8-11-4-3-7-19-9-11/h3-7,9,13,18H,8H2,1-2H3. The molecule has 0 fully saturated rings. The van der Waals surface area contributed by atoms with Crippen molar-refractivity contribution < 1.29 is 8.78 Å². The zero-order chi connectivity index (χ0) is 13.8. The van der Waals surface area contributed by atoms with Gasteiger partial charge in [-0.3, -0.25) is 4.98 Å². The average molecular weight is 262 g/mol. The molecule has 0 radical (unpaired) electrons. The number of nitrogens with one attached hydrogen (secondary N) is 1. The van der Waals surface area contributed by atoms with Crippen molar-refractivity contribution in [3.05, 3.63) is 65.0 Å². The van der Waals surface area contributed by atoms with Crippen LogP contribution in [0.25, 0.3) is 0 Å². The van der Waals surface area contributed by atoms with Gasteiger partial charge in [-0.25, -0.2) is 8.78 Å². The van der Waals surface area contributed by atoms with E-state index in [1.165, 1.54) is 12.1 Å². The first kappa shape index (κ1) is 13.6. The SMILES string of the molecule is CNC(Cc1cccnc1)c1c(F)ccc(C)c1F. The number of rotatable bonds is 4. The van der Waals surface area contributed by atoms with E-state index in [1.807, 2.05) is 12.1 Å². The van der Waals surface area contributed by atoms with Gasteiger partial charge in [0.05, 0.1) is 0 Å². The molecule has 1 aromatic heterocycles. The highest BCUT2D eigenvalue weighted by Crippen LogP contribution is 2.25. The van der Waals surface area contributed by atoms with Crippen molar-refractivity contribution in [2.75, 3.05) is 7.05 Å². The van der Waals surface area contributed by atoms with E-state index < -0.39 is 17.7 Å². The lowest BCUT2D eigenvalue weighted by atomic mass is 9.97. The van der Waals surface area contributed by atoms with Gasteiger partial charge in [-0.2, -0.15) is 0 Å². The molecule has 1 N–H and O–H groups in total. The Balaban J connectivity index is 2.35. The Bertz CT molecular complexity index is 556. The second-order valence-electron chi connectivity index (χ2n) is 4.50. The number of aryl methyl sites for hydroxylation is 1. The largest absolute Gasteiger partial charge is 0.313 e. The molecule has 100 valence electrons. The summed E-state index contributed by atoms with van der Waals surface area (Å²) in [5.41, 5.74) is 1.47. The maximum absolute atomic E-state index is 14.1. The minimum Gasteiger partial charge on any atom is -0.313 e. The molecule has 2 aromatic rings. The molecular formula is C15H16F2N2. The van der Waals surface area contributed by atoms with Gasteiger partial charge in [-0.05, 0) is 43.7 Å². The molecule has 0 aliphatic heterocycles. The van der Waals surface area contributed by atoms with Gasteiger partial charge < -0.3 is 5.32 Å². The van der Waals surface area contributed by atoms with E-state index in [0.717, 1.165) is 5.56 Å². The molecule has 0 saturated heterocycles. The monoisotopic (exact) mass is 262 g/mol. The lowest BCUT2D eigenvalue weighted by Gasteiger charge is -2.19. The highest BCUT2D eigenvalue weighted by atomic mass is 19.1. The second kappa shape index (κ2) is 5.89. The Morgan fingerprint density at radius 2 is 2.05 bits per heavy atom. The Hall–Kier alpha value is -1.81. The molecule has 1 heterocycles. The molecule has 2 nitrogen and oxygen atoms in total. The zero-order valence-electron chi connectivity index (χ0n) is 11.0. The summed E-state index contributed by atoms with van der Waals surface area (Å²) in [6.45, 7) is 1.63. The fraction of sp³-hybridized carbons (Fsp3) is 0.267. The summed E-state index contributed by atoms with van der Waals surface area (Å²) in [5.74, 6) is -1.01. The first-order chi connectivity index (χ1) is 9.13. The number of pyridine rings is 1. The third-order valence-electron chi connectivity index (χ3n) is 3.18. The van der Waals surface area contributed by atoms with Crippen LogP contribution in [0.3, 0.4) is 0 Å². The van der Waals surface area contributed by atoms with E-state index in [2.05, 4.69) is 10.3 Å². The number of aromatic nitrogens is 1. The van der Waals surface area contributed by atoms with Crippen molar-refractivity contribution in [3.63, 3.8) is 0 Å².